The van der Waals surface area contributed by atoms with Gasteiger partial charge >= 0.3 is 33.6 Å². The number of phosphoric ester groups is 2. The van der Waals surface area contributed by atoms with E-state index in [9.17, 15) is 43.5 Å². The molecule has 0 aromatic carbocycles. The maximum atomic E-state index is 13.1. The molecule has 5 atom stereocenters. The summed E-state index contributed by atoms with van der Waals surface area (Å²) in [5.41, 5.74) is 0. The summed E-state index contributed by atoms with van der Waals surface area (Å²) in [6, 6.07) is 0. The van der Waals surface area contributed by atoms with Crippen molar-refractivity contribution in [2.75, 3.05) is 39.6 Å². The predicted molar refractivity (Wildman–Crippen MR) is 519 cm³/mol. The fourth-order valence-electron chi connectivity index (χ4n) is 13.7. The SMILES string of the molecule is CC/C=C\C/C=C\C/C=C\C/C=C\C/C=C\CCCCCCCCCCCCCCCC(=O)OCC(O)COP(=O)(O)OCC(O)COP(=O)(O)OCC(COC(=O)CCCCCCCCCCCCCCC/C=C\C/C=C\C/C=C\C/C=C\CCCCC)OC(=O)CCCCCCCCCCCCCCC/C=C\C/C=C\C/C=C\C/C=C\CCCCC. The molecule has 0 aliphatic carbocycles. The molecular formula is C105H182O16P2. The first-order chi connectivity index (χ1) is 60.2. The average molecular weight is 1760 g/mol. The van der Waals surface area contributed by atoms with Crippen LogP contribution >= 0.6 is 15.6 Å². The molecule has 0 amide bonds. The van der Waals surface area contributed by atoms with Crippen LogP contribution in [0.25, 0.3) is 0 Å². The Balaban J connectivity index is 4.65. The molecule has 0 aliphatic heterocycles. The molecule has 0 bridgehead atoms. The van der Waals surface area contributed by atoms with Gasteiger partial charge in [-0.3, -0.25) is 32.5 Å². The van der Waals surface area contributed by atoms with Crippen molar-refractivity contribution >= 4 is 33.6 Å². The zero-order valence-corrected chi connectivity index (χ0v) is 80.1. The van der Waals surface area contributed by atoms with Crippen LogP contribution in [0.2, 0.25) is 0 Å². The summed E-state index contributed by atoms with van der Waals surface area (Å²) in [5.74, 6) is -1.56. The Bertz CT molecular complexity index is 2870. The summed E-state index contributed by atoms with van der Waals surface area (Å²) < 4.78 is 61.7. The van der Waals surface area contributed by atoms with Gasteiger partial charge < -0.3 is 34.2 Å². The van der Waals surface area contributed by atoms with Gasteiger partial charge in [-0.1, -0.05) is 416 Å². The third kappa shape index (κ3) is 97.6. The lowest BCUT2D eigenvalue weighted by molar-refractivity contribution is -0.161. The second-order valence-electron chi connectivity index (χ2n) is 33.2. The van der Waals surface area contributed by atoms with Gasteiger partial charge in [-0.2, -0.15) is 0 Å². The highest BCUT2D eigenvalue weighted by molar-refractivity contribution is 7.47. The van der Waals surface area contributed by atoms with Crippen LogP contribution in [0.5, 0.6) is 0 Å². The molecule has 0 rings (SSSR count). The first kappa shape index (κ1) is 118. The Hall–Kier alpha value is -4.83. The molecular weight excluding hydrogens is 1580 g/mol. The van der Waals surface area contributed by atoms with Crippen molar-refractivity contribution in [3.8, 4) is 0 Å². The minimum Gasteiger partial charge on any atom is -0.463 e. The summed E-state index contributed by atoms with van der Waals surface area (Å²) in [4.78, 5) is 59.2. The molecule has 0 radical (unpaired) electrons. The smallest absolute Gasteiger partial charge is 0.463 e. The number of esters is 3. The quantitative estimate of drug-likeness (QED) is 0.0146. The molecule has 0 heterocycles. The fraction of sp³-hybridized carbons (Fsp3) is 0.724. The van der Waals surface area contributed by atoms with Crippen LogP contribution < -0.4 is 0 Å². The molecule has 0 fully saturated rings. The van der Waals surface area contributed by atoms with E-state index in [-0.39, 0.29) is 19.3 Å². The van der Waals surface area contributed by atoms with Crippen LogP contribution in [-0.2, 0) is 55.8 Å². The van der Waals surface area contributed by atoms with Gasteiger partial charge in [0.1, 0.15) is 25.4 Å². The second-order valence-corrected chi connectivity index (χ2v) is 36.1. The number of aliphatic hydroxyl groups excluding tert-OH is 2. The van der Waals surface area contributed by atoms with Crippen molar-refractivity contribution in [1.29, 1.82) is 0 Å². The monoisotopic (exact) mass is 1760 g/mol. The lowest BCUT2D eigenvalue weighted by Gasteiger charge is -2.21. The molecule has 18 heteroatoms. The molecule has 5 unspecified atom stereocenters. The van der Waals surface area contributed by atoms with E-state index < -0.39 is 91.5 Å². The third-order valence-electron chi connectivity index (χ3n) is 21.2. The number of allylic oxidation sites excluding steroid dienone is 26. The number of unbranched alkanes of at least 4 members (excludes halogenated alkanes) is 45. The van der Waals surface area contributed by atoms with Crippen LogP contribution in [0, 0.1) is 0 Å². The van der Waals surface area contributed by atoms with E-state index in [1.165, 1.54) is 218 Å². The number of hydrogen-bond acceptors (Lipinski definition) is 14. The third-order valence-corrected chi connectivity index (χ3v) is 23.1. The Labute approximate surface area is 752 Å². The van der Waals surface area contributed by atoms with Crippen LogP contribution in [0.3, 0.4) is 0 Å². The standard InChI is InChI=1S/C105H182O16P2/c1-4-7-10-13-16-19-22-25-28-31-34-37-40-43-46-49-52-55-58-61-64-67-70-73-76-79-82-85-88-91-103(108)115-94-100(106)95-117-122(111,112)118-96-101(107)97-119-123(113,114)120-99-102(121-105(110)93-90-87-84-81-78-75-72-69-66-63-60-57-54-51-48-45-42-39-36-33-30-27-24-21-18-15-12-9-6-3)98-116-104(109)92-89-86-83-80-77-74-71-68-65-62-59-56-53-50-47-44-41-38-35-32-29-26-23-20-17-14-11-8-5-2/h7,10,16-21,25-30,34-39,43-48,100-102,106-107H,4-6,8-9,11-15,22-24,31-33,40-42,49-99H2,1-3H3,(H,111,112)(H,113,114)/b10-7-,19-16-,20-17-,21-18-,28-25-,29-26-,30-27-,37-34-,38-35-,39-36-,46-43-,47-44-,48-45-. The van der Waals surface area contributed by atoms with E-state index in [1.807, 2.05) is 0 Å². The van der Waals surface area contributed by atoms with Gasteiger partial charge in [-0.25, -0.2) is 9.13 Å². The lowest BCUT2D eigenvalue weighted by Crippen LogP contribution is -2.30. The van der Waals surface area contributed by atoms with Gasteiger partial charge in [0, 0.05) is 19.3 Å². The summed E-state index contributed by atoms with van der Waals surface area (Å²) in [6.45, 7) is 2.58. The van der Waals surface area contributed by atoms with E-state index in [2.05, 4.69) is 179 Å². The van der Waals surface area contributed by atoms with Crippen molar-refractivity contribution in [2.45, 2.75) is 450 Å². The molecule has 0 aromatic heterocycles. The van der Waals surface area contributed by atoms with Crippen LogP contribution in [0.15, 0.2) is 158 Å². The molecule has 123 heavy (non-hydrogen) atoms. The van der Waals surface area contributed by atoms with Gasteiger partial charge in [0.15, 0.2) is 6.10 Å². The molecule has 16 nitrogen and oxygen atoms in total. The minimum atomic E-state index is -4.95. The fourth-order valence-corrected chi connectivity index (χ4v) is 15.3. The number of carbonyl (C=O) groups is 3. The molecule has 0 saturated carbocycles. The Morgan fingerprint density at radius 2 is 0.431 bits per heavy atom. The zero-order chi connectivity index (χ0) is 89.3. The van der Waals surface area contributed by atoms with E-state index in [4.69, 9.17) is 32.3 Å². The van der Waals surface area contributed by atoms with E-state index in [0.29, 0.717) is 19.3 Å². The Morgan fingerprint density at radius 1 is 0.236 bits per heavy atom. The van der Waals surface area contributed by atoms with Crippen molar-refractivity contribution in [2.24, 2.45) is 0 Å². The molecule has 708 valence electrons. The Kier molecular flexibility index (Phi) is 92.5. The van der Waals surface area contributed by atoms with Crippen molar-refractivity contribution < 1.29 is 75.8 Å². The van der Waals surface area contributed by atoms with Gasteiger partial charge in [0.2, 0.25) is 0 Å². The summed E-state index contributed by atoms with van der Waals surface area (Å²) in [5, 5.41) is 20.8. The van der Waals surface area contributed by atoms with Crippen LogP contribution in [0.1, 0.15) is 432 Å². The zero-order valence-electron chi connectivity index (χ0n) is 78.3. The predicted octanol–water partition coefficient (Wildman–Crippen LogP) is 31.2. The number of hydrogen-bond donors (Lipinski definition) is 4. The highest BCUT2D eigenvalue weighted by atomic mass is 31.2. The number of phosphoric acid groups is 2. The molecule has 4 N–H and O–H groups in total. The summed E-state index contributed by atoms with van der Waals surface area (Å²) in [6.07, 6.45) is 124. The van der Waals surface area contributed by atoms with Crippen molar-refractivity contribution in [1.82, 2.24) is 0 Å². The van der Waals surface area contributed by atoms with E-state index >= 15 is 0 Å². The maximum absolute atomic E-state index is 13.1. The summed E-state index contributed by atoms with van der Waals surface area (Å²) >= 11 is 0. The molecule has 0 aliphatic rings. The first-order valence-corrected chi connectivity index (χ1v) is 52.8. The molecule has 0 aromatic rings. The van der Waals surface area contributed by atoms with Crippen molar-refractivity contribution in [3.63, 3.8) is 0 Å². The largest absolute Gasteiger partial charge is 0.472 e. The van der Waals surface area contributed by atoms with E-state index in [0.717, 1.165) is 154 Å². The highest BCUT2D eigenvalue weighted by Gasteiger charge is 2.30. The lowest BCUT2D eigenvalue weighted by atomic mass is 10.0. The van der Waals surface area contributed by atoms with Gasteiger partial charge in [0.25, 0.3) is 0 Å². The summed E-state index contributed by atoms with van der Waals surface area (Å²) in [7, 11) is -9.82. The minimum absolute atomic E-state index is 0.101. The molecule has 0 spiro atoms. The number of aliphatic hydroxyl groups is 2. The van der Waals surface area contributed by atoms with Crippen LogP contribution in [0.4, 0.5) is 0 Å². The number of carbonyl (C=O) groups excluding carboxylic acids is 3. The van der Waals surface area contributed by atoms with E-state index in [1.54, 1.807) is 0 Å². The highest BCUT2D eigenvalue weighted by Crippen LogP contribution is 2.45. The maximum Gasteiger partial charge on any atom is 0.472 e. The van der Waals surface area contributed by atoms with Crippen molar-refractivity contribution in [3.05, 3.63) is 158 Å². The first-order valence-electron chi connectivity index (χ1n) is 49.8. The van der Waals surface area contributed by atoms with Crippen LogP contribution in [-0.4, -0.2) is 95.9 Å². The van der Waals surface area contributed by atoms with Gasteiger partial charge in [0.05, 0.1) is 26.4 Å². The molecule has 0 saturated heterocycles. The number of rotatable bonds is 94. The topological polar surface area (TPSA) is 231 Å². The Morgan fingerprint density at radius 3 is 0.683 bits per heavy atom. The normalized spacial score (nSPS) is 14.4. The van der Waals surface area contributed by atoms with Gasteiger partial charge in [-0.05, 0) is 154 Å². The van der Waals surface area contributed by atoms with Gasteiger partial charge in [-0.15, -0.1) is 0 Å². The second kappa shape index (κ2) is 96.3. The average Bonchev–Trinajstić information content (AvgIpc) is 0.896. The number of ether oxygens (including phenoxy) is 3.